The van der Waals surface area contributed by atoms with Gasteiger partial charge >= 0.3 is 6.03 Å². The summed E-state index contributed by atoms with van der Waals surface area (Å²) in [5, 5.41) is 0.450. The maximum Gasteiger partial charge on any atom is 0.365 e. The van der Waals surface area contributed by atoms with E-state index in [1.807, 2.05) is 0 Å². The van der Waals surface area contributed by atoms with Gasteiger partial charge in [-0.3, -0.25) is 4.79 Å². The standard InChI is InChI=1S/C11H8N4O3/c1-18-5-2-3-7-6(4-5)8-9(13-7)10(16)15(12)11(17)14-8/h2-4H,12H2,1H3. The number of hydrogen-bond acceptors (Lipinski definition) is 5. The predicted octanol–water partition coefficient (Wildman–Crippen LogP) is 0.406. The van der Waals surface area contributed by atoms with Crippen LogP contribution in [0.4, 0.5) is 10.5 Å². The van der Waals surface area contributed by atoms with Gasteiger partial charge in [-0.15, -0.1) is 0 Å². The topological polar surface area (TPSA) is 97.4 Å². The number of amides is 3. The van der Waals surface area contributed by atoms with E-state index in [9.17, 15) is 9.59 Å². The van der Waals surface area contributed by atoms with E-state index >= 15 is 0 Å². The van der Waals surface area contributed by atoms with Crippen LogP contribution in [0.1, 0.15) is 5.56 Å². The summed E-state index contributed by atoms with van der Waals surface area (Å²) in [5.41, 5.74) is 1.50. The SMILES string of the molecule is COc1ccc2c(c1)C1=NC(=O)N(N)C(=O)C1=N2. The molecule has 0 radical (unpaired) electrons. The van der Waals surface area contributed by atoms with Crippen molar-refractivity contribution >= 4 is 29.0 Å². The Labute approximate surface area is 102 Å². The van der Waals surface area contributed by atoms with Crippen molar-refractivity contribution in [2.24, 2.45) is 15.8 Å². The van der Waals surface area contributed by atoms with Crippen LogP contribution in [0, 0.1) is 0 Å². The van der Waals surface area contributed by atoms with Crippen molar-refractivity contribution < 1.29 is 14.3 Å². The summed E-state index contributed by atoms with van der Waals surface area (Å²) >= 11 is 0. The molecular weight excluding hydrogens is 236 g/mol. The fourth-order valence-corrected chi connectivity index (χ4v) is 1.84. The highest BCUT2D eigenvalue weighted by Crippen LogP contribution is 2.32. The van der Waals surface area contributed by atoms with Crippen molar-refractivity contribution in [1.29, 1.82) is 0 Å². The number of hydrogen-bond donors (Lipinski definition) is 1. The zero-order chi connectivity index (χ0) is 12.9. The first-order valence-corrected chi connectivity index (χ1v) is 5.11. The molecule has 0 bridgehead atoms. The molecule has 1 aromatic rings. The lowest BCUT2D eigenvalue weighted by Crippen LogP contribution is -2.50. The normalized spacial score (nSPS) is 17.1. The molecule has 0 atom stereocenters. The van der Waals surface area contributed by atoms with Gasteiger partial charge in [0.2, 0.25) is 0 Å². The highest BCUT2D eigenvalue weighted by atomic mass is 16.5. The molecule has 90 valence electrons. The third kappa shape index (κ3) is 1.28. The molecule has 0 saturated carbocycles. The number of aliphatic imine (C=N–C) groups is 2. The Hall–Kier alpha value is -2.54. The Kier molecular flexibility index (Phi) is 2.05. The number of ether oxygens (including phenoxy) is 1. The molecule has 0 unspecified atom stereocenters. The summed E-state index contributed by atoms with van der Waals surface area (Å²) in [5.74, 6) is 5.24. The first-order valence-electron chi connectivity index (χ1n) is 5.11. The molecular formula is C11H8N4O3. The Bertz CT molecular complexity index is 648. The zero-order valence-electron chi connectivity index (χ0n) is 9.38. The molecule has 2 N–H and O–H groups in total. The van der Waals surface area contributed by atoms with E-state index in [-0.39, 0.29) is 11.4 Å². The first-order chi connectivity index (χ1) is 8.61. The number of hydrazine groups is 1. The van der Waals surface area contributed by atoms with E-state index in [2.05, 4.69) is 9.98 Å². The minimum atomic E-state index is -0.801. The maximum absolute atomic E-state index is 11.8. The highest BCUT2D eigenvalue weighted by molar-refractivity contribution is 6.74. The number of urea groups is 1. The second-order valence-electron chi connectivity index (χ2n) is 3.76. The number of benzene rings is 1. The Morgan fingerprint density at radius 2 is 2.00 bits per heavy atom. The molecule has 0 aromatic heterocycles. The van der Waals surface area contributed by atoms with Crippen LogP contribution < -0.4 is 10.6 Å². The van der Waals surface area contributed by atoms with Gasteiger partial charge in [-0.2, -0.15) is 10.0 Å². The van der Waals surface area contributed by atoms with Crippen LogP contribution in [-0.4, -0.2) is 35.5 Å². The summed E-state index contributed by atoms with van der Waals surface area (Å²) in [7, 11) is 1.53. The van der Waals surface area contributed by atoms with Gasteiger partial charge in [0, 0.05) is 5.56 Å². The number of nitrogens with zero attached hydrogens (tertiary/aromatic N) is 3. The van der Waals surface area contributed by atoms with Crippen LogP contribution in [0.2, 0.25) is 0 Å². The molecule has 7 nitrogen and oxygen atoms in total. The number of rotatable bonds is 1. The van der Waals surface area contributed by atoms with Gasteiger partial charge in [-0.05, 0) is 18.2 Å². The lowest BCUT2D eigenvalue weighted by molar-refractivity contribution is -0.121. The largest absolute Gasteiger partial charge is 0.497 e. The fraction of sp³-hybridized carbons (Fsp3) is 0.0909. The number of nitrogens with two attached hydrogens (primary N) is 1. The number of fused-ring (bicyclic) bond motifs is 3. The first kappa shape index (κ1) is 10.6. The van der Waals surface area contributed by atoms with Gasteiger partial charge < -0.3 is 4.74 Å². The van der Waals surface area contributed by atoms with Crippen molar-refractivity contribution in [3.05, 3.63) is 23.8 Å². The summed E-state index contributed by atoms with van der Waals surface area (Å²) in [4.78, 5) is 31.1. The van der Waals surface area contributed by atoms with Crippen LogP contribution in [0.25, 0.3) is 0 Å². The van der Waals surface area contributed by atoms with Crippen molar-refractivity contribution in [2.45, 2.75) is 0 Å². The second kappa shape index (κ2) is 3.47. The zero-order valence-corrected chi connectivity index (χ0v) is 9.38. The van der Waals surface area contributed by atoms with Crippen molar-refractivity contribution in [2.75, 3.05) is 7.11 Å². The summed E-state index contributed by atoms with van der Waals surface area (Å²) in [6.07, 6.45) is 0. The number of carbonyl (C=O) groups is 2. The van der Waals surface area contributed by atoms with E-state index in [0.29, 0.717) is 22.0 Å². The van der Waals surface area contributed by atoms with Crippen LogP contribution in [0.5, 0.6) is 5.75 Å². The number of methoxy groups -OCH3 is 1. The Balaban J connectivity index is 2.20. The van der Waals surface area contributed by atoms with E-state index in [1.54, 1.807) is 18.2 Å². The monoisotopic (exact) mass is 244 g/mol. The Morgan fingerprint density at radius 3 is 2.72 bits per heavy atom. The quantitative estimate of drug-likeness (QED) is 0.571. The molecule has 18 heavy (non-hydrogen) atoms. The molecule has 1 aromatic carbocycles. The average molecular weight is 244 g/mol. The summed E-state index contributed by atoms with van der Waals surface area (Å²) in [6, 6.07) is 4.29. The molecule has 3 rings (SSSR count). The van der Waals surface area contributed by atoms with E-state index < -0.39 is 11.9 Å². The van der Waals surface area contributed by atoms with Gasteiger partial charge in [0.25, 0.3) is 5.91 Å². The van der Waals surface area contributed by atoms with Gasteiger partial charge in [-0.1, -0.05) is 0 Å². The van der Waals surface area contributed by atoms with Crippen LogP contribution in [0.15, 0.2) is 28.2 Å². The molecule has 7 heteroatoms. The summed E-state index contributed by atoms with van der Waals surface area (Å²) < 4.78 is 5.08. The highest BCUT2D eigenvalue weighted by Gasteiger charge is 2.37. The van der Waals surface area contributed by atoms with Crippen molar-refractivity contribution in [3.8, 4) is 5.75 Å². The third-order valence-electron chi connectivity index (χ3n) is 2.75. The van der Waals surface area contributed by atoms with Crippen LogP contribution >= 0.6 is 0 Å². The van der Waals surface area contributed by atoms with E-state index in [0.717, 1.165) is 0 Å². The maximum atomic E-state index is 11.8. The molecule has 2 aliphatic heterocycles. The molecule has 0 saturated heterocycles. The van der Waals surface area contributed by atoms with Gasteiger partial charge in [0.15, 0.2) is 5.71 Å². The van der Waals surface area contributed by atoms with Crippen LogP contribution in [-0.2, 0) is 4.79 Å². The number of carbonyl (C=O) groups excluding carboxylic acids is 2. The Morgan fingerprint density at radius 1 is 1.22 bits per heavy atom. The predicted molar refractivity (Wildman–Crippen MR) is 63.1 cm³/mol. The molecule has 2 aliphatic rings. The lowest BCUT2D eigenvalue weighted by atomic mass is 10.1. The molecule has 2 heterocycles. The van der Waals surface area contributed by atoms with Gasteiger partial charge in [-0.25, -0.2) is 15.6 Å². The lowest BCUT2D eigenvalue weighted by Gasteiger charge is -2.17. The minimum Gasteiger partial charge on any atom is -0.497 e. The van der Waals surface area contributed by atoms with Gasteiger partial charge in [0.1, 0.15) is 11.5 Å². The molecule has 0 fully saturated rings. The van der Waals surface area contributed by atoms with Crippen LogP contribution in [0.3, 0.4) is 0 Å². The molecule has 0 aliphatic carbocycles. The second-order valence-corrected chi connectivity index (χ2v) is 3.76. The van der Waals surface area contributed by atoms with Crippen molar-refractivity contribution in [1.82, 2.24) is 5.01 Å². The van der Waals surface area contributed by atoms with Crippen molar-refractivity contribution in [3.63, 3.8) is 0 Å². The van der Waals surface area contributed by atoms with E-state index in [4.69, 9.17) is 10.6 Å². The minimum absolute atomic E-state index is 0.0837. The summed E-state index contributed by atoms with van der Waals surface area (Å²) in [6.45, 7) is 0. The fourth-order valence-electron chi connectivity index (χ4n) is 1.84. The molecule has 0 spiro atoms. The van der Waals surface area contributed by atoms with Gasteiger partial charge in [0.05, 0.1) is 12.8 Å². The molecule has 3 amide bonds. The third-order valence-corrected chi connectivity index (χ3v) is 2.75. The average Bonchev–Trinajstić information content (AvgIpc) is 2.74. The number of imide groups is 1. The van der Waals surface area contributed by atoms with E-state index in [1.165, 1.54) is 7.11 Å². The smallest absolute Gasteiger partial charge is 0.365 e.